The Bertz CT molecular complexity index is 871. The summed E-state index contributed by atoms with van der Waals surface area (Å²) in [5.41, 5.74) is 0. The maximum Gasteiger partial charge on any atom is 0.249 e. The quantitative estimate of drug-likeness (QED) is 0.0391. The maximum absolute atomic E-state index is 12.6. The zero-order valence-corrected chi connectivity index (χ0v) is 42.9. The van der Waals surface area contributed by atoms with Crippen LogP contribution in [0.4, 0.5) is 0 Å². The number of carbonyl (C=O) groups is 1. The summed E-state index contributed by atoms with van der Waals surface area (Å²) < 4.78 is 0. The lowest BCUT2D eigenvalue weighted by atomic mass is 9.99. The van der Waals surface area contributed by atoms with Crippen molar-refractivity contribution >= 4 is 5.91 Å². The Labute approximate surface area is 394 Å². The molecule has 0 aliphatic rings. The highest BCUT2D eigenvalue weighted by Gasteiger charge is 2.28. The van der Waals surface area contributed by atoms with Crippen LogP contribution in [0.5, 0.6) is 0 Å². The molecule has 378 valence electrons. The van der Waals surface area contributed by atoms with E-state index in [1.165, 1.54) is 263 Å². The Kier molecular flexibility index (Phi) is 51.7. The van der Waals surface area contributed by atoms with E-state index in [0.29, 0.717) is 12.8 Å². The van der Waals surface area contributed by atoms with Gasteiger partial charge >= 0.3 is 0 Å². The topological polar surface area (TPSA) is 110 Å². The Morgan fingerprint density at radius 3 is 0.762 bits per heavy atom. The minimum Gasteiger partial charge on any atom is -0.394 e. The van der Waals surface area contributed by atoms with E-state index < -0.39 is 36.9 Å². The average Bonchev–Trinajstić information content (AvgIpc) is 3.29. The first-order chi connectivity index (χ1) is 31.0. The highest BCUT2D eigenvalue weighted by atomic mass is 16.3. The molecule has 0 aromatic rings. The number of aliphatic hydroxyl groups excluding tert-OH is 4. The zero-order chi connectivity index (χ0) is 45.9. The van der Waals surface area contributed by atoms with Crippen LogP contribution >= 0.6 is 0 Å². The molecule has 4 unspecified atom stereocenters. The van der Waals surface area contributed by atoms with Crippen molar-refractivity contribution in [2.45, 2.75) is 353 Å². The fourth-order valence-corrected chi connectivity index (χ4v) is 9.53. The Morgan fingerprint density at radius 2 is 0.540 bits per heavy atom. The smallest absolute Gasteiger partial charge is 0.249 e. The second-order valence-corrected chi connectivity index (χ2v) is 20.4. The number of carbonyl (C=O) groups excluding carboxylic acids is 1. The Balaban J connectivity index is 3.57. The first-order valence-corrected chi connectivity index (χ1v) is 28.9. The van der Waals surface area contributed by atoms with Gasteiger partial charge in [-0.05, 0) is 12.8 Å². The van der Waals surface area contributed by atoms with Gasteiger partial charge in [-0.25, -0.2) is 0 Å². The normalized spacial score (nSPS) is 13.7. The summed E-state index contributed by atoms with van der Waals surface area (Å²) in [4.78, 5) is 12.6. The predicted molar refractivity (Wildman–Crippen MR) is 275 cm³/mol. The predicted octanol–water partition coefficient (Wildman–Crippen LogP) is 16.7. The van der Waals surface area contributed by atoms with E-state index in [9.17, 15) is 25.2 Å². The van der Waals surface area contributed by atoms with E-state index in [1.54, 1.807) is 0 Å². The third kappa shape index (κ3) is 46.2. The van der Waals surface area contributed by atoms with Gasteiger partial charge in [0.2, 0.25) is 5.91 Å². The lowest BCUT2D eigenvalue weighted by molar-refractivity contribution is -0.132. The van der Waals surface area contributed by atoms with Crippen molar-refractivity contribution < 1.29 is 25.2 Å². The molecule has 0 aromatic carbocycles. The molecule has 0 rings (SSSR count). The highest BCUT2D eigenvalue weighted by Crippen LogP contribution is 2.19. The van der Waals surface area contributed by atoms with Crippen LogP contribution in [-0.2, 0) is 4.79 Å². The van der Waals surface area contributed by atoms with Crippen LogP contribution in [0.25, 0.3) is 0 Å². The van der Waals surface area contributed by atoms with Gasteiger partial charge in [-0.15, -0.1) is 0 Å². The molecule has 0 spiro atoms. The summed E-state index contributed by atoms with van der Waals surface area (Å²) in [7, 11) is 0. The van der Waals surface area contributed by atoms with Crippen LogP contribution < -0.4 is 5.32 Å². The van der Waals surface area contributed by atoms with Crippen LogP contribution in [-0.4, -0.2) is 57.3 Å². The first kappa shape index (κ1) is 62.3. The summed E-state index contributed by atoms with van der Waals surface area (Å²) in [6, 6.07) is -0.981. The summed E-state index contributed by atoms with van der Waals surface area (Å²) >= 11 is 0. The molecule has 0 aromatic heterocycles. The first-order valence-electron chi connectivity index (χ1n) is 28.9. The molecule has 0 heterocycles. The minimum absolute atomic E-state index is 0.376. The van der Waals surface area contributed by atoms with Crippen LogP contribution in [0, 0.1) is 0 Å². The Morgan fingerprint density at radius 1 is 0.333 bits per heavy atom. The van der Waals surface area contributed by atoms with Crippen LogP contribution in [0.15, 0.2) is 0 Å². The van der Waals surface area contributed by atoms with Gasteiger partial charge < -0.3 is 25.7 Å². The van der Waals surface area contributed by atoms with Gasteiger partial charge in [-0.3, -0.25) is 4.79 Å². The third-order valence-corrected chi connectivity index (χ3v) is 14.1. The summed E-state index contributed by atoms with van der Waals surface area (Å²) in [6.45, 7) is 4.10. The van der Waals surface area contributed by atoms with Gasteiger partial charge in [0, 0.05) is 0 Å². The molecule has 0 saturated carbocycles. The molecule has 6 heteroatoms. The zero-order valence-electron chi connectivity index (χ0n) is 42.9. The van der Waals surface area contributed by atoms with E-state index in [4.69, 9.17) is 0 Å². The van der Waals surface area contributed by atoms with E-state index in [1.807, 2.05) is 0 Å². The van der Waals surface area contributed by atoms with E-state index in [0.717, 1.165) is 38.5 Å². The summed E-state index contributed by atoms with van der Waals surface area (Å²) in [5.74, 6) is -0.575. The highest BCUT2D eigenvalue weighted by molar-refractivity contribution is 5.80. The molecule has 5 N–H and O–H groups in total. The van der Waals surface area contributed by atoms with Crippen LogP contribution in [0.3, 0.4) is 0 Å². The van der Waals surface area contributed by atoms with Crippen molar-refractivity contribution in [3.05, 3.63) is 0 Å². The van der Waals surface area contributed by atoms with Crippen LogP contribution in [0.1, 0.15) is 328 Å². The second kappa shape index (κ2) is 52.3. The fourth-order valence-electron chi connectivity index (χ4n) is 9.53. The SMILES string of the molecule is CCCCCCCCCCCCCCCCCCCCCCCCCCCCC(O)C(O)C(CO)NC(=O)C(O)CCCCCCCCCCCCCCCCCCCCCCC. The van der Waals surface area contributed by atoms with Gasteiger partial charge in [0.15, 0.2) is 0 Å². The number of aliphatic hydroxyl groups is 4. The van der Waals surface area contributed by atoms with E-state index >= 15 is 0 Å². The number of amides is 1. The number of hydrogen-bond acceptors (Lipinski definition) is 5. The van der Waals surface area contributed by atoms with Crippen molar-refractivity contribution in [2.24, 2.45) is 0 Å². The molecule has 1 amide bonds. The molecule has 0 radical (unpaired) electrons. The Hall–Kier alpha value is -0.690. The number of nitrogens with one attached hydrogen (secondary N) is 1. The number of hydrogen-bond donors (Lipinski definition) is 5. The van der Waals surface area contributed by atoms with Gasteiger partial charge in [-0.1, -0.05) is 316 Å². The second-order valence-electron chi connectivity index (χ2n) is 20.4. The maximum atomic E-state index is 12.6. The molecule has 6 nitrogen and oxygen atoms in total. The minimum atomic E-state index is -1.25. The van der Waals surface area contributed by atoms with Crippen molar-refractivity contribution in [3.63, 3.8) is 0 Å². The van der Waals surface area contributed by atoms with Crippen LogP contribution in [0.2, 0.25) is 0 Å². The lowest BCUT2D eigenvalue weighted by Crippen LogP contribution is -2.53. The molecule has 63 heavy (non-hydrogen) atoms. The van der Waals surface area contributed by atoms with E-state index in [2.05, 4.69) is 19.2 Å². The van der Waals surface area contributed by atoms with Crippen molar-refractivity contribution in [3.8, 4) is 0 Å². The molecule has 0 aliphatic carbocycles. The molecular formula is C57H115NO5. The summed E-state index contributed by atoms with van der Waals surface area (Å²) in [6.07, 6.45) is 60.3. The number of unbranched alkanes of at least 4 members (excludes halogenated alkanes) is 45. The molecule has 0 aliphatic heterocycles. The summed E-state index contributed by atoms with van der Waals surface area (Å²) in [5, 5.41) is 44.1. The largest absolute Gasteiger partial charge is 0.394 e. The molecule has 0 saturated heterocycles. The molecule has 0 fully saturated rings. The molecule has 0 bridgehead atoms. The van der Waals surface area contributed by atoms with Crippen molar-refractivity contribution in [1.82, 2.24) is 5.32 Å². The third-order valence-electron chi connectivity index (χ3n) is 14.1. The van der Waals surface area contributed by atoms with Crippen molar-refractivity contribution in [2.75, 3.05) is 6.61 Å². The number of rotatable bonds is 54. The molecule has 4 atom stereocenters. The average molecular weight is 895 g/mol. The van der Waals surface area contributed by atoms with Gasteiger partial charge in [-0.2, -0.15) is 0 Å². The van der Waals surface area contributed by atoms with Gasteiger partial charge in [0.05, 0.1) is 18.8 Å². The van der Waals surface area contributed by atoms with E-state index in [-0.39, 0.29) is 0 Å². The lowest BCUT2D eigenvalue weighted by Gasteiger charge is -2.27. The van der Waals surface area contributed by atoms with Crippen molar-refractivity contribution in [1.29, 1.82) is 0 Å². The fraction of sp³-hybridized carbons (Fsp3) is 0.982. The molecular weight excluding hydrogens is 779 g/mol. The van der Waals surface area contributed by atoms with Gasteiger partial charge in [0.25, 0.3) is 0 Å². The van der Waals surface area contributed by atoms with Gasteiger partial charge in [0.1, 0.15) is 12.2 Å². The standard InChI is InChI=1S/C57H115NO5/c1-3-5-7-9-11-13-15-17-19-21-23-25-26-27-28-29-31-32-34-36-38-40-42-44-46-48-50-54(60)56(62)53(52-59)58-57(63)55(61)51-49-47-45-43-41-39-37-35-33-30-24-22-20-18-16-14-12-10-8-6-4-2/h53-56,59-62H,3-52H2,1-2H3,(H,58,63). The monoisotopic (exact) mass is 894 g/mol.